The fourth-order valence-electron chi connectivity index (χ4n) is 5.00. The molecule has 0 saturated carbocycles. The molecule has 0 bridgehead atoms. The van der Waals surface area contributed by atoms with E-state index in [1.165, 1.54) is 116 Å². The second-order valence-electron chi connectivity index (χ2n) is 11.3. The Labute approximate surface area is 236 Å². The summed E-state index contributed by atoms with van der Waals surface area (Å²) in [5, 5.41) is 8.89. The smallest absolute Gasteiger partial charge is 0.306 e. The molecule has 0 heterocycles. The summed E-state index contributed by atoms with van der Waals surface area (Å²) in [5.74, 6) is -0.807. The number of unbranched alkanes of at least 4 members (excludes halogenated alkanes) is 19. The van der Waals surface area contributed by atoms with Crippen LogP contribution in [0.25, 0.3) is 0 Å². The molecule has 4 heteroatoms. The normalized spacial score (nSPS) is 12.3. The molecule has 0 aromatic rings. The number of aliphatic carboxylic acids is 1. The third kappa shape index (κ3) is 29.2. The van der Waals surface area contributed by atoms with Crippen molar-refractivity contribution in [2.45, 2.75) is 193 Å². The third-order valence-electron chi connectivity index (χ3n) is 7.49. The quantitative estimate of drug-likeness (QED) is 0.0563. The summed E-state index contributed by atoms with van der Waals surface area (Å²) in [4.78, 5) is 23.3. The first-order valence-electron chi connectivity index (χ1n) is 16.7. The molecule has 4 nitrogen and oxygen atoms in total. The predicted molar refractivity (Wildman–Crippen MR) is 163 cm³/mol. The predicted octanol–water partition coefficient (Wildman–Crippen LogP) is 11.1. The average molecular weight is 537 g/mol. The first-order valence-corrected chi connectivity index (χ1v) is 16.7. The first-order chi connectivity index (χ1) is 18.6. The highest BCUT2D eigenvalue weighted by molar-refractivity contribution is 5.69. The molecule has 0 aromatic carbocycles. The van der Waals surface area contributed by atoms with Crippen molar-refractivity contribution in [3.8, 4) is 0 Å². The van der Waals surface area contributed by atoms with Gasteiger partial charge in [0.1, 0.15) is 6.10 Å². The highest BCUT2D eigenvalue weighted by atomic mass is 16.5. The molecule has 0 amide bonds. The summed E-state index contributed by atoms with van der Waals surface area (Å²) in [6.45, 7) is 4.51. The van der Waals surface area contributed by atoms with Crippen LogP contribution in [0.15, 0.2) is 12.2 Å². The van der Waals surface area contributed by atoms with Crippen molar-refractivity contribution in [1.82, 2.24) is 0 Å². The highest BCUT2D eigenvalue weighted by Gasteiger charge is 2.14. The number of rotatable bonds is 30. The van der Waals surface area contributed by atoms with Crippen molar-refractivity contribution >= 4 is 11.9 Å². The number of hydrogen-bond donors (Lipinski definition) is 1. The van der Waals surface area contributed by atoms with Gasteiger partial charge in [-0.3, -0.25) is 9.59 Å². The van der Waals surface area contributed by atoms with Gasteiger partial charge >= 0.3 is 11.9 Å². The van der Waals surface area contributed by atoms with Crippen LogP contribution < -0.4 is 0 Å². The zero-order valence-electron chi connectivity index (χ0n) is 25.5. The number of allylic oxidation sites excluding steroid dienone is 2. The van der Waals surface area contributed by atoms with Crippen LogP contribution in [0.5, 0.6) is 0 Å². The first kappa shape index (κ1) is 36.7. The fraction of sp³-hybridized carbons (Fsp3) is 0.882. The molecule has 0 fully saturated rings. The molecule has 0 aliphatic rings. The van der Waals surface area contributed by atoms with E-state index in [1.807, 2.05) is 0 Å². The molecule has 1 N–H and O–H groups in total. The number of hydrogen-bond acceptors (Lipinski definition) is 3. The van der Waals surface area contributed by atoms with Gasteiger partial charge in [-0.2, -0.15) is 0 Å². The SMILES string of the molecule is CCCCCC/C=C\CCCCCCCC(=O)OC(CCCCCCCCCCCC)CCCCC(=O)O. The van der Waals surface area contributed by atoms with E-state index in [2.05, 4.69) is 26.0 Å². The van der Waals surface area contributed by atoms with Crippen LogP contribution in [0.2, 0.25) is 0 Å². The standard InChI is InChI=1S/C34H64O4/c1-3-5-7-9-11-13-15-16-17-19-21-23-25-31-34(37)38-32(29-26-27-30-33(35)36)28-24-22-20-18-14-12-10-8-6-4-2/h13,15,32H,3-12,14,16-31H2,1-2H3,(H,35,36)/b15-13-. The lowest BCUT2D eigenvalue weighted by atomic mass is 10.0. The Kier molecular flexibility index (Phi) is 29.2. The Balaban J connectivity index is 3.93. The van der Waals surface area contributed by atoms with Crippen LogP contribution >= 0.6 is 0 Å². The minimum atomic E-state index is -0.744. The van der Waals surface area contributed by atoms with Gasteiger partial charge in [0.15, 0.2) is 0 Å². The molecule has 0 aliphatic heterocycles. The summed E-state index contributed by atoms with van der Waals surface area (Å²) >= 11 is 0. The van der Waals surface area contributed by atoms with Crippen molar-refractivity contribution < 1.29 is 19.4 Å². The average Bonchev–Trinajstić information content (AvgIpc) is 2.90. The third-order valence-corrected chi connectivity index (χ3v) is 7.49. The molecular weight excluding hydrogens is 472 g/mol. The van der Waals surface area contributed by atoms with Gasteiger partial charge in [-0.15, -0.1) is 0 Å². The Bertz CT molecular complexity index is 543. The lowest BCUT2D eigenvalue weighted by Gasteiger charge is -2.18. The molecule has 1 atom stereocenters. The summed E-state index contributed by atoms with van der Waals surface area (Å²) < 4.78 is 5.85. The van der Waals surface area contributed by atoms with E-state index in [0.717, 1.165) is 38.5 Å². The molecular formula is C34H64O4. The fourth-order valence-corrected chi connectivity index (χ4v) is 5.00. The summed E-state index contributed by atoms with van der Waals surface area (Å²) in [6.07, 6.45) is 35.0. The van der Waals surface area contributed by atoms with Crippen molar-refractivity contribution in [2.75, 3.05) is 0 Å². The molecule has 0 rings (SSSR count). The van der Waals surface area contributed by atoms with E-state index in [9.17, 15) is 9.59 Å². The summed E-state index contributed by atoms with van der Waals surface area (Å²) in [5.41, 5.74) is 0. The Morgan fingerprint density at radius 2 is 0.947 bits per heavy atom. The minimum Gasteiger partial charge on any atom is -0.481 e. The van der Waals surface area contributed by atoms with E-state index in [-0.39, 0.29) is 18.5 Å². The monoisotopic (exact) mass is 536 g/mol. The van der Waals surface area contributed by atoms with Gasteiger partial charge in [0, 0.05) is 12.8 Å². The molecule has 0 saturated heterocycles. The van der Waals surface area contributed by atoms with Crippen LogP contribution in [-0.2, 0) is 14.3 Å². The lowest BCUT2D eigenvalue weighted by Crippen LogP contribution is -2.18. The van der Waals surface area contributed by atoms with Gasteiger partial charge in [0.2, 0.25) is 0 Å². The second kappa shape index (κ2) is 30.2. The maximum absolute atomic E-state index is 12.5. The van der Waals surface area contributed by atoms with Crippen molar-refractivity contribution in [1.29, 1.82) is 0 Å². The number of carboxylic acids is 1. The van der Waals surface area contributed by atoms with Crippen LogP contribution in [0.3, 0.4) is 0 Å². The van der Waals surface area contributed by atoms with E-state index < -0.39 is 5.97 Å². The maximum Gasteiger partial charge on any atom is 0.306 e. The summed E-state index contributed by atoms with van der Waals surface area (Å²) in [7, 11) is 0. The van der Waals surface area contributed by atoms with Crippen molar-refractivity contribution in [3.63, 3.8) is 0 Å². The zero-order chi connectivity index (χ0) is 27.9. The van der Waals surface area contributed by atoms with E-state index in [4.69, 9.17) is 9.84 Å². The van der Waals surface area contributed by atoms with E-state index in [0.29, 0.717) is 12.8 Å². The maximum atomic E-state index is 12.5. The van der Waals surface area contributed by atoms with Crippen LogP contribution in [0.4, 0.5) is 0 Å². The van der Waals surface area contributed by atoms with Crippen molar-refractivity contribution in [2.24, 2.45) is 0 Å². The van der Waals surface area contributed by atoms with Gasteiger partial charge in [0.05, 0.1) is 0 Å². The Hall–Kier alpha value is -1.32. The molecule has 0 aromatic heterocycles. The Morgan fingerprint density at radius 1 is 0.553 bits per heavy atom. The molecule has 0 spiro atoms. The lowest BCUT2D eigenvalue weighted by molar-refractivity contribution is -0.150. The zero-order valence-corrected chi connectivity index (χ0v) is 25.5. The van der Waals surface area contributed by atoms with Gasteiger partial charge in [-0.05, 0) is 64.2 Å². The molecule has 0 radical (unpaired) electrons. The number of carbonyl (C=O) groups is 2. The van der Waals surface area contributed by atoms with Crippen LogP contribution in [-0.4, -0.2) is 23.1 Å². The number of ether oxygens (including phenoxy) is 1. The molecule has 38 heavy (non-hydrogen) atoms. The summed E-state index contributed by atoms with van der Waals surface area (Å²) in [6, 6.07) is 0. The van der Waals surface area contributed by atoms with Gasteiger partial charge in [-0.1, -0.05) is 122 Å². The molecule has 0 aliphatic carbocycles. The molecule has 224 valence electrons. The largest absolute Gasteiger partial charge is 0.481 e. The number of carboxylic acid groups (broad SMARTS) is 1. The van der Waals surface area contributed by atoms with Crippen LogP contribution in [0, 0.1) is 0 Å². The second-order valence-corrected chi connectivity index (χ2v) is 11.3. The van der Waals surface area contributed by atoms with Gasteiger partial charge < -0.3 is 9.84 Å². The number of carbonyl (C=O) groups excluding carboxylic acids is 1. The van der Waals surface area contributed by atoms with Gasteiger partial charge in [-0.25, -0.2) is 0 Å². The highest BCUT2D eigenvalue weighted by Crippen LogP contribution is 2.18. The van der Waals surface area contributed by atoms with Crippen LogP contribution in [0.1, 0.15) is 187 Å². The van der Waals surface area contributed by atoms with E-state index >= 15 is 0 Å². The van der Waals surface area contributed by atoms with Gasteiger partial charge in [0.25, 0.3) is 0 Å². The Morgan fingerprint density at radius 3 is 1.47 bits per heavy atom. The van der Waals surface area contributed by atoms with E-state index in [1.54, 1.807) is 0 Å². The number of esters is 1. The molecule has 1 unspecified atom stereocenters. The topological polar surface area (TPSA) is 63.6 Å². The van der Waals surface area contributed by atoms with Crippen molar-refractivity contribution in [3.05, 3.63) is 12.2 Å². The minimum absolute atomic E-state index is 0.0425.